The molecule has 4 rings (SSSR count). The summed E-state index contributed by atoms with van der Waals surface area (Å²) < 4.78 is 7.67. The molecule has 9 heteroatoms. The fourth-order valence-electron chi connectivity index (χ4n) is 3.28. The van der Waals surface area contributed by atoms with E-state index in [0.29, 0.717) is 39.9 Å². The van der Waals surface area contributed by atoms with Gasteiger partial charge in [-0.3, -0.25) is 0 Å². The summed E-state index contributed by atoms with van der Waals surface area (Å²) >= 11 is 13.2. The van der Waals surface area contributed by atoms with Gasteiger partial charge < -0.3 is 14.4 Å². The normalized spacial score (nSPS) is 11.5. The molecule has 0 saturated heterocycles. The molecule has 0 spiro atoms. The van der Waals surface area contributed by atoms with Crippen molar-refractivity contribution in [2.45, 2.75) is 25.2 Å². The fourth-order valence-corrected chi connectivity index (χ4v) is 4.49. The number of carbonyl (C=O) groups is 1. The average molecular weight is 526 g/mol. The molecule has 0 amide bonds. The van der Waals surface area contributed by atoms with Crippen molar-refractivity contribution < 1.29 is 14.6 Å². The molecule has 0 radical (unpaired) electrons. The minimum Gasteiger partial charge on any atom is -0.489 e. The first-order valence-corrected chi connectivity index (χ1v) is 12.3. The van der Waals surface area contributed by atoms with Gasteiger partial charge in [0.05, 0.1) is 0 Å². The van der Waals surface area contributed by atoms with Crippen LogP contribution in [0.3, 0.4) is 0 Å². The molecular weight excluding hydrogens is 505 g/mol. The summed E-state index contributed by atoms with van der Waals surface area (Å²) in [7, 11) is 0. The van der Waals surface area contributed by atoms with Crippen LogP contribution < -0.4 is 4.74 Å². The van der Waals surface area contributed by atoms with E-state index in [1.807, 2.05) is 47.9 Å². The lowest BCUT2D eigenvalue weighted by Gasteiger charge is -2.09. The van der Waals surface area contributed by atoms with Crippen molar-refractivity contribution in [1.82, 2.24) is 14.8 Å². The molecule has 0 aliphatic heterocycles. The minimum absolute atomic E-state index is 0.125. The molecule has 178 valence electrons. The zero-order valence-electron chi connectivity index (χ0n) is 18.7. The van der Waals surface area contributed by atoms with Crippen molar-refractivity contribution in [3.8, 4) is 17.1 Å². The van der Waals surface area contributed by atoms with Crippen LogP contribution >= 0.6 is 35.0 Å². The Morgan fingerprint density at radius 2 is 1.74 bits per heavy atom. The number of nitrogens with zero attached hydrogens (tertiary/aromatic N) is 3. The number of aromatic nitrogens is 3. The highest BCUT2D eigenvalue weighted by atomic mass is 35.5. The van der Waals surface area contributed by atoms with Crippen molar-refractivity contribution in [2.75, 3.05) is 0 Å². The maximum atomic E-state index is 12.0. The molecule has 4 aromatic rings. The van der Waals surface area contributed by atoms with E-state index in [1.54, 1.807) is 42.5 Å². The number of carboxylic acid groups (broad SMARTS) is 1. The van der Waals surface area contributed by atoms with Crippen molar-refractivity contribution >= 4 is 47.0 Å². The Morgan fingerprint density at radius 1 is 1.03 bits per heavy atom. The largest absolute Gasteiger partial charge is 0.489 e. The van der Waals surface area contributed by atoms with E-state index < -0.39 is 5.97 Å². The second-order valence-electron chi connectivity index (χ2n) is 7.42. The number of halogens is 2. The van der Waals surface area contributed by atoms with Crippen molar-refractivity contribution in [1.29, 1.82) is 0 Å². The molecule has 0 aliphatic rings. The van der Waals surface area contributed by atoms with Crippen LogP contribution in [0.4, 0.5) is 0 Å². The number of thioether (sulfide) groups is 1. The molecule has 0 unspecified atom stereocenters. The highest BCUT2D eigenvalue weighted by Crippen LogP contribution is 2.31. The molecule has 0 bridgehead atoms. The van der Waals surface area contributed by atoms with Crippen LogP contribution in [0.15, 0.2) is 82.9 Å². The first-order chi connectivity index (χ1) is 16.9. The Bertz CT molecular complexity index is 1350. The van der Waals surface area contributed by atoms with E-state index >= 15 is 0 Å². The number of hydrogen-bond donors (Lipinski definition) is 1. The lowest BCUT2D eigenvalue weighted by atomic mass is 10.2. The maximum Gasteiger partial charge on any atom is 0.342 e. The van der Waals surface area contributed by atoms with Crippen LogP contribution in [-0.4, -0.2) is 25.8 Å². The third-order valence-corrected chi connectivity index (χ3v) is 6.70. The third kappa shape index (κ3) is 6.25. The summed E-state index contributed by atoms with van der Waals surface area (Å²) in [5, 5.41) is 20.1. The molecule has 0 atom stereocenters. The van der Waals surface area contributed by atoms with E-state index in [2.05, 4.69) is 10.2 Å². The van der Waals surface area contributed by atoms with Gasteiger partial charge in [-0.05, 0) is 72.8 Å². The number of carboxylic acids is 1. The lowest BCUT2D eigenvalue weighted by molar-refractivity contribution is -0.131. The Labute approximate surface area is 217 Å². The van der Waals surface area contributed by atoms with Gasteiger partial charge in [0.1, 0.15) is 17.3 Å². The summed E-state index contributed by atoms with van der Waals surface area (Å²) in [6.07, 6.45) is 1.60. The molecular formula is C26H21Cl2N3O3S. The van der Waals surface area contributed by atoms with Crippen LogP contribution in [0.1, 0.15) is 18.1 Å². The van der Waals surface area contributed by atoms with Gasteiger partial charge in [0, 0.05) is 27.7 Å². The molecule has 0 aliphatic carbocycles. The second kappa shape index (κ2) is 11.4. The molecule has 1 N–H and O–H groups in total. The van der Waals surface area contributed by atoms with Crippen LogP contribution in [0.25, 0.3) is 17.5 Å². The van der Waals surface area contributed by atoms with Crippen LogP contribution in [0, 0.1) is 0 Å². The average Bonchev–Trinajstić information content (AvgIpc) is 3.27. The molecule has 6 nitrogen and oxygen atoms in total. The molecule has 35 heavy (non-hydrogen) atoms. The van der Waals surface area contributed by atoms with E-state index in [4.69, 9.17) is 27.9 Å². The van der Waals surface area contributed by atoms with Gasteiger partial charge in [0.15, 0.2) is 11.0 Å². The summed E-state index contributed by atoms with van der Waals surface area (Å²) in [5.74, 6) is 0.258. The van der Waals surface area contributed by atoms with Gasteiger partial charge in [-0.25, -0.2) is 4.79 Å². The van der Waals surface area contributed by atoms with Gasteiger partial charge in [0.25, 0.3) is 0 Å². The highest BCUT2D eigenvalue weighted by molar-refractivity contribution is 8.04. The summed E-state index contributed by atoms with van der Waals surface area (Å²) in [6.45, 7) is 2.88. The third-order valence-electron chi connectivity index (χ3n) is 5.08. The minimum atomic E-state index is -1.05. The first-order valence-electron chi connectivity index (χ1n) is 10.7. The number of rotatable bonds is 9. The van der Waals surface area contributed by atoms with E-state index in [0.717, 1.165) is 28.5 Å². The van der Waals surface area contributed by atoms with E-state index in [9.17, 15) is 9.90 Å². The highest BCUT2D eigenvalue weighted by Gasteiger charge is 2.18. The molecule has 1 heterocycles. The number of benzene rings is 3. The van der Waals surface area contributed by atoms with Gasteiger partial charge in [-0.15, -0.1) is 10.2 Å². The SMILES string of the molecule is CCn1c(S/C(=C\c2ccc(OCc3ccccc3Cl)cc2)C(=O)O)nnc1-c1ccc(Cl)cc1. The lowest BCUT2D eigenvalue weighted by Crippen LogP contribution is -2.02. The van der Waals surface area contributed by atoms with Gasteiger partial charge in [-0.2, -0.15) is 0 Å². The fraction of sp³-hybridized carbons (Fsp3) is 0.115. The summed E-state index contributed by atoms with van der Waals surface area (Å²) in [4.78, 5) is 12.1. The standard InChI is InChI=1S/C26H21Cl2N3O3S/c1-2-31-24(18-9-11-20(27)12-10-18)29-30-26(31)35-23(25(32)33)15-17-7-13-21(14-8-17)34-16-19-5-3-4-6-22(19)28/h3-15H,2,16H2,1H3,(H,32,33)/b23-15-. The topological polar surface area (TPSA) is 77.2 Å². The zero-order valence-corrected chi connectivity index (χ0v) is 21.0. The van der Waals surface area contributed by atoms with E-state index in [1.165, 1.54) is 0 Å². The van der Waals surface area contributed by atoms with Crippen LogP contribution in [0.5, 0.6) is 5.75 Å². The summed E-state index contributed by atoms with van der Waals surface area (Å²) in [5.41, 5.74) is 2.46. The first kappa shape index (κ1) is 24.9. The Kier molecular flexibility index (Phi) is 8.13. The monoisotopic (exact) mass is 525 g/mol. The molecule has 3 aromatic carbocycles. The van der Waals surface area contributed by atoms with Gasteiger partial charge in [0.2, 0.25) is 0 Å². The summed E-state index contributed by atoms with van der Waals surface area (Å²) in [6, 6.07) is 22.0. The number of aliphatic carboxylic acids is 1. The Balaban J connectivity index is 1.50. The molecule has 1 aromatic heterocycles. The second-order valence-corrected chi connectivity index (χ2v) is 9.27. The quantitative estimate of drug-likeness (QED) is 0.186. The molecule has 0 saturated carbocycles. The van der Waals surface area contributed by atoms with Gasteiger partial charge >= 0.3 is 5.97 Å². The smallest absolute Gasteiger partial charge is 0.342 e. The predicted molar refractivity (Wildman–Crippen MR) is 140 cm³/mol. The number of hydrogen-bond acceptors (Lipinski definition) is 5. The van der Waals surface area contributed by atoms with Gasteiger partial charge in [-0.1, -0.05) is 53.5 Å². The zero-order chi connectivity index (χ0) is 24.8. The number of ether oxygens (including phenoxy) is 1. The van der Waals surface area contributed by atoms with Crippen molar-refractivity contribution in [2.24, 2.45) is 0 Å². The Morgan fingerprint density at radius 3 is 2.40 bits per heavy atom. The predicted octanol–water partition coefficient (Wildman–Crippen LogP) is 7.07. The van der Waals surface area contributed by atoms with Crippen LogP contribution in [-0.2, 0) is 17.9 Å². The maximum absolute atomic E-state index is 12.0. The van der Waals surface area contributed by atoms with Crippen molar-refractivity contribution in [3.05, 3.63) is 98.9 Å². The van der Waals surface area contributed by atoms with Crippen LogP contribution in [0.2, 0.25) is 10.0 Å². The van der Waals surface area contributed by atoms with E-state index in [-0.39, 0.29) is 4.91 Å². The van der Waals surface area contributed by atoms with Crippen molar-refractivity contribution in [3.63, 3.8) is 0 Å². The molecule has 0 fully saturated rings. The Hall–Kier alpha value is -3.26.